The Kier molecular flexibility index (Phi) is 7.60. The molecule has 30 heavy (non-hydrogen) atoms. The van der Waals surface area contributed by atoms with Crippen molar-refractivity contribution < 1.29 is 19.4 Å². The van der Waals surface area contributed by atoms with Crippen LogP contribution in [-0.4, -0.2) is 51.1 Å². The fraction of sp³-hybridized carbons (Fsp3) is 0.417. The number of hydrogen-bond donors (Lipinski definition) is 4. The maximum absolute atomic E-state index is 12.5. The van der Waals surface area contributed by atoms with Crippen LogP contribution >= 0.6 is 0 Å². The van der Waals surface area contributed by atoms with Crippen LogP contribution in [-0.2, 0) is 16.0 Å². The number of carbonyl (C=O) groups excluding carboxylic acids is 2. The molecule has 1 aliphatic heterocycles. The summed E-state index contributed by atoms with van der Waals surface area (Å²) in [6.45, 7) is 10.7. The van der Waals surface area contributed by atoms with Crippen molar-refractivity contribution in [3.8, 4) is 0 Å². The van der Waals surface area contributed by atoms with E-state index in [1.54, 1.807) is 0 Å². The zero-order valence-corrected chi connectivity index (χ0v) is 18.3. The van der Waals surface area contributed by atoms with Gasteiger partial charge in [-0.05, 0) is 49.1 Å². The molecule has 3 rings (SSSR count). The summed E-state index contributed by atoms with van der Waals surface area (Å²) >= 11 is 0. The summed E-state index contributed by atoms with van der Waals surface area (Å²) in [5, 5.41) is 6.07. The van der Waals surface area contributed by atoms with Gasteiger partial charge in [0.05, 0.1) is 0 Å². The third kappa shape index (κ3) is 6.15. The van der Waals surface area contributed by atoms with Gasteiger partial charge in [-0.3, -0.25) is 9.59 Å². The molecule has 0 radical (unpaired) electrons. The number of amides is 2. The largest absolute Gasteiger partial charge is 0.321 e. The molecule has 6 nitrogen and oxygen atoms in total. The smallest absolute Gasteiger partial charge is 0.279 e. The van der Waals surface area contributed by atoms with Gasteiger partial charge in [0.2, 0.25) is 0 Å². The number of carbonyl (C=O) groups is 2. The van der Waals surface area contributed by atoms with E-state index in [1.807, 2.05) is 56.3 Å². The zero-order valence-electron chi connectivity index (χ0n) is 18.3. The third-order valence-electron chi connectivity index (χ3n) is 5.88. The second kappa shape index (κ2) is 10.4. The van der Waals surface area contributed by atoms with Gasteiger partial charge in [0.15, 0.2) is 13.1 Å². The summed E-state index contributed by atoms with van der Waals surface area (Å²) in [4.78, 5) is 27.4. The van der Waals surface area contributed by atoms with Gasteiger partial charge in [0, 0.05) is 11.4 Å². The second-order valence-corrected chi connectivity index (χ2v) is 8.27. The minimum absolute atomic E-state index is 0.0467. The van der Waals surface area contributed by atoms with Crippen molar-refractivity contribution in [2.75, 3.05) is 49.9 Å². The van der Waals surface area contributed by atoms with Crippen LogP contribution in [0.2, 0.25) is 0 Å². The first-order valence-electron chi connectivity index (χ1n) is 10.9. The lowest BCUT2D eigenvalue weighted by Crippen LogP contribution is -3.28. The first-order chi connectivity index (χ1) is 14.4. The third-order valence-corrected chi connectivity index (χ3v) is 5.88. The van der Waals surface area contributed by atoms with Gasteiger partial charge in [-0.25, -0.2) is 0 Å². The molecule has 0 aliphatic carbocycles. The molecule has 0 spiro atoms. The molecule has 0 atom stereocenters. The first kappa shape index (κ1) is 22.0. The quantitative estimate of drug-likeness (QED) is 0.528. The molecule has 1 fully saturated rings. The molecule has 2 amide bonds. The van der Waals surface area contributed by atoms with Crippen LogP contribution in [0, 0.1) is 13.8 Å². The number of piperazine rings is 1. The number of para-hydroxylation sites is 1. The van der Waals surface area contributed by atoms with E-state index in [2.05, 4.69) is 17.6 Å². The predicted molar refractivity (Wildman–Crippen MR) is 120 cm³/mol. The number of hydrogen-bond acceptors (Lipinski definition) is 2. The van der Waals surface area contributed by atoms with Crippen LogP contribution in [0.5, 0.6) is 0 Å². The maximum atomic E-state index is 12.5. The summed E-state index contributed by atoms with van der Waals surface area (Å²) in [5.74, 6) is 0.101. The van der Waals surface area contributed by atoms with E-state index in [0.29, 0.717) is 13.1 Å². The number of anilines is 2. The van der Waals surface area contributed by atoms with Gasteiger partial charge >= 0.3 is 0 Å². The lowest BCUT2D eigenvalue weighted by Gasteiger charge is -2.29. The summed E-state index contributed by atoms with van der Waals surface area (Å²) < 4.78 is 0. The van der Waals surface area contributed by atoms with Crippen LogP contribution in [0.1, 0.15) is 23.6 Å². The van der Waals surface area contributed by atoms with Crippen molar-refractivity contribution in [1.82, 2.24) is 0 Å². The van der Waals surface area contributed by atoms with Gasteiger partial charge in [-0.1, -0.05) is 37.3 Å². The molecular formula is C24H34N4O2+2. The molecule has 0 saturated carbocycles. The molecule has 1 aliphatic rings. The fourth-order valence-corrected chi connectivity index (χ4v) is 3.99. The van der Waals surface area contributed by atoms with Crippen LogP contribution < -0.4 is 20.4 Å². The Hall–Kier alpha value is -2.70. The Balaban J connectivity index is 1.40. The van der Waals surface area contributed by atoms with Crippen LogP contribution in [0.4, 0.5) is 11.4 Å². The Bertz CT molecular complexity index is 851. The average Bonchev–Trinajstić information content (AvgIpc) is 2.73. The van der Waals surface area contributed by atoms with E-state index in [0.717, 1.165) is 55.1 Å². The summed E-state index contributed by atoms with van der Waals surface area (Å²) in [5.41, 5.74) is 5.21. The van der Waals surface area contributed by atoms with Gasteiger partial charge in [0.25, 0.3) is 11.8 Å². The molecule has 2 aromatic carbocycles. The zero-order chi connectivity index (χ0) is 21.5. The monoisotopic (exact) mass is 410 g/mol. The Morgan fingerprint density at radius 1 is 0.800 bits per heavy atom. The highest BCUT2D eigenvalue weighted by Gasteiger charge is 2.26. The normalized spacial score (nSPS) is 18.6. The molecule has 2 aromatic rings. The summed E-state index contributed by atoms with van der Waals surface area (Å²) in [7, 11) is 0. The van der Waals surface area contributed by atoms with Crippen molar-refractivity contribution in [2.24, 2.45) is 0 Å². The molecule has 0 bridgehead atoms. The highest BCUT2D eigenvalue weighted by atomic mass is 16.2. The van der Waals surface area contributed by atoms with Gasteiger partial charge < -0.3 is 20.4 Å². The lowest BCUT2D eigenvalue weighted by molar-refractivity contribution is -1.00. The van der Waals surface area contributed by atoms with E-state index in [-0.39, 0.29) is 11.8 Å². The molecule has 6 heteroatoms. The highest BCUT2D eigenvalue weighted by Crippen LogP contribution is 2.18. The average molecular weight is 411 g/mol. The molecule has 0 aromatic heterocycles. The van der Waals surface area contributed by atoms with Crippen LogP contribution in [0.25, 0.3) is 0 Å². The predicted octanol–water partition coefficient (Wildman–Crippen LogP) is 0.226. The molecule has 4 N–H and O–H groups in total. The molecule has 0 unspecified atom stereocenters. The van der Waals surface area contributed by atoms with Crippen molar-refractivity contribution in [3.05, 3.63) is 59.2 Å². The van der Waals surface area contributed by atoms with Gasteiger partial charge in [-0.15, -0.1) is 0 Å². The van der Waals surface area contributed by atoms with Crippen LogP contribution in [0.3, 0.4) is 0 Å². The van der Waals surface area contributed by atoms with Gasteiger partial charge in [0.1, 0.15) is 26.2 Å². The van der Waals surface area contributed by atoms with E-state index < -0.39 is 0 Å². The van der Waals surface area contributed by atoms with E-state index >= 15 is 0 Å². The van der Waals surface area contributed by atoms with Crippen molar-refractivity contribution in [1.29, 1.82) is 0 Å². The maximum Gasteiger partial charge on any atom is 0.279 e. The standard InChI is InChI=1S/C24H32N4O2/c1-4-20-8-10-21(11-9-20)25-22(29)16-27-12-14-28(15-13-27)17-23(30)26-24-18(2)6-5-7-19(24)3/h5-11H,4,12-17H2,1-3H3,(H,25,29)(H,26,30)/p+2. The minimum Gasteiger partial charge on any atom is -0.321 e. The second-order valence-electron chi connectivity index (χ2n) is 8.27. The number of quaternary nitrogens is 2. The number of nitrogens with one attached hydrogen (secondary N) is 4. The van der Waals surface area contributed by atoms with Crippen molar-refractivity contribution in [3.63, 3.8) is 0 Å². The molecular weight excluding hydrogens is 376 g/mol. The van der Waals surface area contributed by atoms with E-state index in [9.17, 15) is 9.59 Å². The van der Waals surface area contributed by atoms with E-state index in [4.69, 9.17) is 0 Å². The topological polar surface area (TPSA) is 67.1 Å². The number of rotatable bonds is 7. The minimum atomic E-state index is 0.0467. The summed E-state index contributed by atoms with van der Waals surface area (Å²) in [6.07, 6.45) is 0.994. The molecule has 160 valence electrons. The Morgan fingerprint density at radius 3 is 1.80 bits per heavy atom. The molecule has 1 heterocycles. The first-order valence-corrected chi connectivity index (χ1v) is 10.9. The van der Waals surface area contributed by atoms with Crippen LogP contribution in [0.15, 0.2) is 42.5 Å². The Morgan fingerprint density at radius 2 is 1.30 bits per heavy atom. The number of aryl methyl sites for hydroxylation is 3. The van der Waals surface area contributed by atoms with Gasteiger partial charge in [-0.2, -0.15) is 0 Å². The van der Waals surface area contributed by atoms with E-state index in [1.165, 1.54) is 15.4 Å². The van der Waals surface area contributed by atoms with Crippen molar-refractivity contribution in [2.45, 2.75) is 27.2 Å². The molecule has 1 saturated heterocycles. The summed E-state index contributed by atoms with van der Waals surface area (Å²) in [6, 6.07) is 14.1. The lowest BCUT2D eigenvalue weighted by atomic mass is 10.1. The highest BCUT2D eigenvalue weighted by molar-refractivity contribution is 5.93. The SMILES string of the molecule is CCc1ccc(NC(=O)C[NH+]2CC[NH+](CC(=O)Nc3c(C)cccc3C)CC2)cc1. The fourth-order valence-electron chi connectivity index (χ4n) is 3.99. The van der Waals surface area contributed by atoms with Crippen molar-refractivity contribution >= 4 is 23.2 Å². The Labute approximate surface area is 179 Å². The number of benzene rings is 2.